The smallest absolute Gasteiger partial charge is 0.323 e. The van der Waals surface area contributed by atoms with Crippen LogP contribution in [-0.2, 0) is 22.6 Å². The Kier molecular flexibility index (Phi) is 9.57. The summed E-state index contributed by atoms with van der Waals surface area (Å²) in [5.41, 5.74) is 13.6. The quantitative estimate of drug-likeness (QED) is 0.128. The molecule has 1 heterocycles. The Morgan fingerprint density at radius 3 is 2.04 bits per heavy atom. The van der Waals surface area contributed by atoms with Gasteiger partial charge in [-0.15, -0.1) is 0 Å². The first-order valence-corrected chi connectivity index (χ1v) is 15.6. The lowest BCUT2D eigenvalue weighted by atomic mass is 10.0. The molecule has 0 atom stereocenters. The maximum Gasteiger partial charge on any atom is 0.323 e. The summed E-state index contributed by atoms with van der Waals surface area (Å²) in [4.78, 5) is 43.4. The maximum absolute atomic E-state index is 13.4. The van der Waals surface area contributed by atoms with Gasteiger partial charge in [0.05, 0.1) is 6.42 Å². The molecule has 0 fully saturated rings. The van der Waals surface area contributed by atoms with Crippen molar-refractivity contribution in [2.45, 2.75) is 19.9 Å². The SMILES string of the molecule is Cc1ccc(-c2ccc(-c3nc(-c4ccc(CN(CC(=O)O)C(=O)c5ccc(NC(=O)Cc6ccccc6N)cc5)cc4)no3)cc2)cc1. The molecule has 5 aromatic carbocycles. The minimum atomic E-state index is -1.14. The van der Waals surface area contributed by atoms with E-state index in [4.69, 9.17) is 10.3 Å². The summed E-state index contributed by atoms with van der Waals surface area (Å²) in [6.45, 7) is 1.63. The van der Waals surface area contributed by atoms with Crippen LogP contribution in [0.25, 0.3) is 34.0 Å². The van der Waals surface area contributed by atoms with Crippen molar-refractivity contribution in [3.8, 4) is 34.0 Å². The zero-order valence-electron chi connectivity index (χ0n) is 26.7. The van der Waals surface area contributed by atoms with E-state index >= 15 is 0 Å². The van der Waals surface area contributed by atoms with Crippen molar-refractivity contribution >= 4 is 29.2 Å². The van der Waals surface area contributed by atoms with E-state index in [1.807, 2.05) is 30.3 Å². The van der Waals surface area contributed by atoms with Crippen LogP contribution in [0.1, 0.15) is 27.0 Å². The van der Waals surface area contributed by atoms with E-state index in [0.717, 1.165) is 22.3 Å². The van der Waals surface area contributed by atoms with Crippen molar-refractivity contribution in [1.82, 2.24) is 15.0 Å². The second-order valence-electron chi connectivity index (χ2n) is 11.6. The number of carboxylic acids is 1. The van der Waals surface area contributed by atoms with Crippen LogP contribution in [0.3, 0.4) is 0 Å². The number of hydrogen-bond donors (Lipinski definition) is 3. The van der Waals surface area contributed by atoms with Crippen LogP contribution in [0.2, 0.25) is 0 Å². The van der Waals surface area contributed by atoms with E-state index in [1.54, 1.807) is 66.7 Å². The maximum atomic E-state index is 13.4. The summed E-state index contributed by atoms with van der Waals surface area (Å²) in [7, 11) is 0. The molecule has 0 saturated heterocycles. The normalized spacial score (nSPS) is 10.8. The standard InChI is InChI=1S/C39H33N5O5/c1-25-6-10-27(11-7-25)28-14-16-30(17-15-28)38-42-37(43-49-38)29-12-8-26(9-13-29)23-44(24-36(46)47)39(48)31-18-20-33(21-19-31)41-35(45)22-32-4-2-3-5-34(32)40/h2-21H,22-24,40H2,1H3,(H,41,45)(H,46,47). The van der Waals surface area contributed by atoms with E-state index < -0.39 is 18.4 Å². The van der Waals surface area contributed by atoms with Gasteiger partial charge in [-0.3, -0.25) is 14.4 Å². The molecule has 0 saturated carbocycles. The molecule has 0 radical (unpaired) electrons. The first-order chi connectivity index (χ1) is 23.7. The van der Waals surface area contributed by atoms with E-state index in [2.05, 4.69) is 46.6 Å². The number of aryl methyl sites for hydroxylation is 1. The molecule has 0 spiro atoms. The number of carboxylic acid groups (broad SMARTS) is 1. The summed E-state index contributed by atoms with van der Waals surface area (Å²) in [6.07, 6.45) is 0.106. The molecule has 4 N–H and O–H groups in total. The van der Waals surface area contributed by atoms with E-state index in [-0.39, 0.29) is 24.4 Å². The summed E-state index contributed by atoms with van der Waals surface area (Å²) >= 11 is 0. The molecule has 6 rings (SSSR count). The molecule has 0 unspecified atom stereocenters. The molecule has 0 aliphatic carbocycles. The highest BCUT2D eigenvalue weighted by Gasteiger charge is 2.20. The van der Waals surface area contributed by atoms with Gasteiger partial charge in [0.15, 0.2) is 0 Å². The van der Waals surface area contributed by atoms with Crippen molar-refractivity contribution in [2.75, 3.05) is 17.6 Å². The summed E-state index contributed by atoms with van der Waals surface area (Å²) in [6, 6.07) is 36.9. The Labute approximate surface area is 282 Å². The van der Waals surface area contributed by atoms with Crippen molar-refractivity contribution in [1.29, 1.82) is 0 Å². The number of rotatable bonds is 11. The molecular formula is C39H33N5O5. The molecule has 0 bridgehead atoms. The van der Waals surface area contributed by atoms with E-state index in [9.17, 15) is 19.5 Å². The van der Waals surface area contributed by atoms with Crippen molar-refractivity contribution in [2.24, 2.45) is 0 Å². The van der Waals surface area contributed by atoms with Gasteiger partial charge in [0, 0.05) is 34.6 Å². The van der Waals surface area contributed by atoms with Crippen LogP contribution < -0.4 is 11.1 Å². The van der Waals surface area contributed by atoms with E-state index in [1.165, 1.54) is 10.5 Å². The Morgan fingerprint density at radius 1 is 0.776 bits per heavy atom. The van der Waals surface area contributed by atoms with E-state index in [0.29, 0.717) is 34.2 Å². The highest BCUT2D eigenvalue weighted by Crippen LogP contribution is 2.27. The molecule has 0 aliphatic rings. The highest BCUT2D eigenvalue weighted by atomic mass is 16.5. The third-order valence-electron chi connectivity index (χ3n) is 7.96. The molecule has 6 aromatic rings. The average molecular weight is 652 g/mol. The largest absolute Gasteiger partial charge is 0.480 e. The predicted octanol–water partition coefficient (Wildman–Crippen LogP) is 6.87. The fourth-order valence-electron chi connectivity index (χ4n) is 5.30. The van der Waals surface area contributed by atoms with Gasteiger partial charge in [-0.05, 0) is 71.6 Å². The summed E-state index contributed by atoms with van der Waals surface area (Å²) in [5, 5.41) is 16.5. The Hall–Kier alpha value is -6.55. The number of nitrogens with one attached hydrogen (secondary N) is 1. The van der Waals surface area contributed by atoms with Gasteiger partial charge in [0.2, 0.25) is 11.7 Å². The fourth-order valence-corrected chi connectivity index (χ4v) is 5.30. The minimum Gasteiger partial charge on any atom is -0.480 e. The van der Waals surface area contributed by atoms with Gasteiger partial charge in [0.25, 0.3) is 11.8 Å². The third-order valence-corrected chi connectivity index (χ3v) is 7.96. The lowest BCUT2D eigenvalue weighted by molar-refractivity contribution is -0.137. The number of carbonyl (C=O) groups is 3. The van der Waals surface area contributed by atoms with Gasteiger partial charge in [-0.1, -0.05) is 89.6 Å². The molecule has 1 aromatic heterocycles. The molecule has 10 heteroatoms. The topological polar surface area (TPSA) is 152 Å². The van der Waals surface area contributed by atoms with Crippen molar-refractivity contribution < 1.29 is 24.0 Å². The van der Waals surface area contributed by atoms with Crippen LogP contribution in [-0.4, -0.2) is 44.5 Å². The number of amides is 2. The van der Waals surface area contributed by atoms with Gasteiger partial charge in [-0.2, -0.15) is 4.98 Å². The first kappa shape index (κ1) is 32.4. The van der Waals surface area contributed by atoms with Crippen LogP contribution in [0.5, 0.6) is 0 Å². The monoisotopic (exact) mass is 651 g/mol. The lowest BCUT2D eigenvalue weighted by Crippen LogP contribution is -2.35. The third kappa shape index (κ3) is 8.06. The number of para-hydroxylation sites is 1. The molecule has 2 amide bonds. The van der Waals surface area contributed by atoms with Crippen molar-refractivity contribution in [3.05, 3.63) is 144 Å². The number of nitrogens with two attached hydrogens (primary N) is 1. The van der Waals surface area contributed by atoms with Gasteiger partial charge < -0.3 is 25.6 Å². The molecular weight excluding hydrogens is 618 g/mol. The number of aromatic nitrogens is 2. The molecule has 10 nitrogen and oxygen atoms in total. The zero-order chi connectivity index (χ0) is 34.3. The Bertz CT molecular complexity index is 2090. The second kappa shape index (κ2) is 14.5. The summed E-state index contributed by atoms with van der Waals surface area (Å²) < 4.78 is 5.54. The first-order valence-electron chi connectivity index (χ1n) is 15.6. The molecule has 0 aliphatic heterocycles. The van der Waals surface area contributed by atoms with Crippen molar-refractivity contribution in [3.63, 3.8) is 0 Å². The minimum absolute atomic E-state index is 0.0627. The van der Waals surface area contributed by atoms with Gasteiger partial charge in [0.1, 0.15) is 6.54 Å². The number of nitrogen functional groups attached to an aromatic ring is 1. The molecule has 49 heavy (non-hydrogen) atoms. The number of carbonyl (C=O) groups excluding carboxylic acids is 2. The van der Waals surface area contributed by atoms with Crippen LogP contribution in [0.4, 0.5) is 11.4 Å². The predicted molar refractivity (Wildman–Crippen MR) is 187 cm³/mol. The van der Waals surface area contributed by atoms with Gasteiger partial charge >= 0.3 is 5.97 Å². The fraction of sp³-hybridized carbons (Fsp3) is 0.103. The average Bonchev–Trinajstić information content (AvgIpc) is 3.60. The lowest BCUT2D eigenvalue weighted by Gasteiger charge is -2.21. The second-order valence-corrected chi connectivity index (χ2v) is 11.6. The number of anilines is 2. The highest BCUT2D eigenvalue weighted by molar-refractivity contribution is 5.97. The van der Waals surface area contributed by atoms with Crippen LogP contribution in [0.15, 0.2) is 126 Å². The Balaban J connectivity index is 1.09. The molecule has 244 valence electrons. The van der Waals surface area contributed by atoms with Gasteiger partial charge in [-0.25, -0.2) is 0 Å². The number of benzene rings is 5. The number of hydrogen-bond acceptors (Lipinski definition) is 7. The van der Waals surface area contributed by atoms with Crippen LogP contribution in [0, 0.1) is 6.92 Å². The number of aliphatic carboxylic acids is 1. The summed E-state index contributed by atoms with van der Waals surface area (Å²) in [5.74, 6) is -1.06. The van der Waals surface area contributed by atoms with Crippen LogP contribution >= 0.6 is 0 Å². The Morgan fingerprint density at radius 2 is 1.39 bits per heavy atom. The zero-order valence-corrected chi connectivity index (χ0v) is 26.7. The number of nitrogens with zero attached hydrogens (tertiary/aromatic N) is 3.